The largest absolute Gasteiger partial charge is 0.452 e. The average molecular weight is 908 g/mol. The summed E-state index contributed by atoms with van der Waals surface area (Å²) in [5, 5.41) is 1.96. The van der Waals surface area contributed by atoms with Crippen molar-refractivity contribution in [2.75, 3.05) is 0 Å². The van der Waals surface area contributed by atoms with Crippen molar-refractivity contribution < 1.29 is 13.3 Å². The minimum Gasteiger partial charge on any atom is -0.452 e. The minimum absolute atomic E-state index is 0. The lowest BCUT2D eigenvalue weighted by atomic mass is 10.4. The number of oxazole rings is 2. The summed E-state index contributed by atoms with van der Waals surface area (Å²) in [5.41, 5.74) is 10.1. The monoisotopic (exact) mass is 908 g/mol. The quantitative estimate of drug-likeness (QED) is 0.154. The van der Waals surface area contributed by atoms with E-state index in [2.05, 4.69) is 34.9 Å². The number of nitrogens with zero attached hydrogens (tertiary/aromatic N) is 5. The summed E-state index contributed by atoms with van der Waals surface area (Å²) < 4.78 is 15.0. The van der Waals surface area contributed by atoms with Gasteiger partial charge in [0.05, 0.1) is 40.5 Å². The maximum atomic E-state index is 5.06. The Labute approximate surface area is 384 Å². The molecule has 0 bridgehead atoms. The number of hydrogen-bond acceptors (Lipinski definition) is 11. The molecule has 10 nitrogen and oxygen atoms in total. The molecule has 10 rings (SSSR count). The van der Waals surface area contributed by atoms with Gasteiger partial charge >= 0.3 is 0 Å². The van der Waals surface area contributed by atoms with Crippen molar-refractivity contribution in [1.29, 1.82) is 0 Å². The number of H-pyrrole nitrogens is 2. The van der Waals surface area contributed by atoms with Crippen molar-refractivity contribution in [3.8, 4) is 0 Å². The van der Waals surface area contributed by atoms with E-state index in [1.807, 2.05) is 174 Å². The summed E-state index contributed by atoms with van der Waals surface area (Å²) in [5.74, 6) is 1.10. The Bertz CT molecular complexity index is 1490. The molecule has 0 spiro atoms. The van der Waals surface area contributed by atoms with Crippen LogP contribution in [0.1, 0.15) is 181 Å². The van der Waals surface area contributed by atoms with Crippen LogP contribution in [0.5, 0.6) is 0 Å². The zero-order chi connectivity index (χ0) is 47.0. The summed E-state index contributed by atoms with van der Waals surface area (Å²) >= 11 is 4.88. The van der Waals surface area contributed by atoms with E-state index >= 15 is 0 Å². The van der Waals surface area contributed by atoms with E-state index in [9.17, 15) is 0 Å². The van der Waals surface area contributed by atoms with Gasteiger partial charge in [-0.2, -0.15) is 0 Å². The summed E-state index contributed by atoms with van der Waals surface area (Å²) in [6.45, 7) is 40.0. The standard InChI is InChI=1S/C6H7NO.C6H7NS.C5H5N3.2C5H3NOS.10C2H6.CH4/c2*1-2-5-6(3-1)8-4-7-5;1-2-6-5-4(1)7-3-8-5;1-2-8-5-4(1)6-3-7-5;1-2-7-5-4(1)6-3-8-5;10*1-2;/h2*4H,1-3H2;1-3,6H,(H,7,8);2*1-3H;10*1-2H3;1H4. The molecule has 352 valence electrons. The first-order chi connectivity index (χ1) is 29.8. The molecule has 2 N–H and O–H groups in total. The molecule has 0 saturated heterocycles. The zero-order valence-electron chi connectivity index (χ0n) is 41.3. The van der Waals surface area contributed by atoms with E-state index in [-0.39, 0.29) is 7.43 Å². The van der Waals surface area contributed by atoms with Crippen LogP contribution in [0.15, 0.2) is 79.4 Å². The number of thiophene rings is 1. The normalized spacial score (nSPS) is 9.44. The molecule has 0 amide bonds. The Morgan fingerprint density at radius 2 is 1.05 bits per heavy atom. The van der Waals surface area contributed by atoms with Crippen LogP contribution in [0, 0.1) is 0 Å². The van der Waals surface area contributed by atoms with Gasteiger partial charge in [-0.05, 0) is 49.6 Å². The van der Waals surface area contributed by atoms with Crippen LogP contribution in [0.4, 0.5) is 0 Å². The van der Waals surface area contributed by atoms with Crippen molar-refractivity contribution in [3.05, 3.63) is 88.2 Å². The van der Waals surface area contributed by atoms with Gasteiger partial charge in [0.2, 0.25) is 9.79 Å². The number of nitrogens with one attached hydrogen (secondary N) is 2. The number of rotatable bonds is 0. The number of thiazole rings is 2. The van der Waals surface area contributed by atoms with Crippen LogP contribution in [0.2, 0.25) is 0 Å². The van der Waals surface area contributed by atoms with E-state index in [1.54, 1.807) is 40.8 Å². The minimum atomic E-state index is 0. The van der Waals surface area contributed by atoms with Crippen molar-refractivity contribution in [2.24, 2.45) is 0 Å². The van der Waals surface area contributed by atoms with Gasteiger partial charge in [-0.25, -0.2) is 24.9 Å². The van der Waals surface area contributed by atoms with Gasteiger partial charge in [0.15, 0.2) is 18.4 Å². The van der Waals surface area contributed by atoms with E-state index in [0.29, 0.717) is 0 Å². The van der Waals surface area contributed by atoms with Gasteiger partial charge in [0, 0.05) is 23.6 Å². The maximum Gasteiger partial charge on any atom is 0.208 e. The van der Waals surface area contributed by atoms with Crippen LogP contribution in [-0.4, -0.2) is 34.9 Å². The molecule has 0 aromatic carbocycles. The van der Waals surface area contributed by atoms with Crippen LogP contribution >= 0.6 is 34.0 Å². The second kappa shape index (κ2) is 53.9. The molecule has 0 radical (unpaired) electrons. The van der Waals surface area contributed by atoms with Crippen molar-refractivity contribution >= 4 is 66.0 Å². The molecular weight excluding hydrogens is 819 g/mol. The Hall–Kier alpha value is -4.07. The molecule has 0 unspecified atom stereocenters. The lowest BCUT2D eigenvalue weighted by Crippen LogP contribution is -1.73. The Morgan fingerprint density at radius 1 is 0.492 bits per heavy atom. The molecule has 0 atom stereocenters. The molecule has 0 fully saturated rings. The highest BCUT2D eigenvalue weighted by Gasteiger charge is 2.14. The van der Waals surface area contributed by atoms with Crippen LogP contribution in [-0.2, 0) is 25.7 Å². The van der Waals surface area contributed by atoms with Gasteiger partial charge in [-0.1, -0.05) is 157 Å². The second-order valence-corrected chi connectivity index (χ2v) is 11.3. The number of aromatic nitrogens is 7. The van der Waals surface area contributed by atoms with Crippen molar-refractivity contribution in [1.82, 2.24) is 34.9 Å². The third kappa shape index (κ3) is 28.2. The Morgan fingerprint density at radius 3 is 1.62 bits per heavy atom. The predicted octanol–water partition coefficient (Wildman–Crippen LogP) is 18.4. The number of fused-ring (bicyclic) bond motifs is 5. The molecular formula is C48H89N7O3S3. The number of aryl methyl sites for hydroxylation is 4. The summed E-state index contributed by atoms with van der Waals surface area (Å²) in [7, 11) is 0. The van der Waals surface area contributed by atoms with Gasteiger partial charge < -0.3 is 23.2 Å². The lowest BCUT2D eigenvalue weighted by Gasteiger charge is -1.77. The molecule has 0 saturated carbocycles. The third-order valence-corrected chi connectivity index (χ3v) is 8.60. The highest BCUT2D eigenvalue weighted by molar-refractivity contribution is 7.16. The predicted molar refractivity (Wildman–Crippen MR) is 277 cm³/mol. The average Bonchev–Trinajstić information content (AvgIpc) is 4.17. The molecule has 8 aromatic rings. The van der Waals surface area contributed by atoms with Crippen molar-refractivity contribution in [2.45, 2.75) is 184 Å². The van der Waals surface area contributed by atoms with Crippen LogP contribution in [0.25, 0.3) is 32.0 Å². The van der Waals surface area contributed by atoms with E-state index in [1.165, 1.54) is 66.1 Å². The van der Waals surface area contributed by atoms with Gasteiger partial charge in [0.25, 0.3) is 0 Å². The SMILES string of the molecule is C.CC.CC.CC.CC.CC.CC.CC.CC.CC.CC.c1cc2ncsc2o1.c1nc2[nH]ccc2[nH]1.c1nc2c(o1)CCC2.c1nc2c(s1)CCC2.c1nc2ccsc2o1. The fourth-order valence-corrected chi connectivity index (χ4v) is 6.33. The first-order valence-corrected chi connectivity index (χ1v) is 25.3. The van der Waals surface area contributed by atoms with E-state index < -0.39 is 0 Å². The first-order valence-electron chi connectivity index (χ1n) is 22.7. The fraction of sp³-hybridized carbons (Fsp3) is 0.562. The fourth-order valence-electron chi connectivity index (χ4n) is 4.19. The molecule has 2 aliphatic carbocycles. The smallest absolute Gasteiger partial charge is 0.208 e. The van der Waals surface area contributed by atoms with Gasteiger partial charge in [-0.15, -0.1) is 22.7 Å². The maximum absolute atomic E-state index is 5.06. The molecule has 8 aromatic heterocycles. The van der Waals surface area contributed by atoms with E-state index in [0.717, 1.165) is 50.6 Å². The Balaban J connectivity index is -0.000000140. The number of furan rings is 1. The first kappa shape index (κ1) is 68.7. The van der Waals surface area contributed by atoms with Gasteiger partial charge in [-0.3, -0.25) is 0 Å². The van der Waals surface area contributed by atoms with Gasteiger partial charge in [0.1, 0.15) is 16.8 Å². The topological polar surface area (TPSA) is 135 Å². The highest BCUT2D eigenvalue weighted by Crippen LogP contribution is 2.23. The number of imidazole rings is 1. The van der Waals surface area contributed by atoms with Crippen molar-refractivity contribution in [3.63, 3.8) is 0 Å². The molecule has 8 heterocycles. The zero-order valence-corrected chi connectivity index (χ0v) is 43.7. The highest BCUT2D eigenvalue weighted by atomic mass is 32.1. The van der Waals surface area contributed by atoms with E-state index in [4.69, 9.17) is 13.3 Å². The summed E-state index contributed by atoms with van der Waals surface area (Å²) in [6, 6.07) is 5.73. The summed E-state index contributed by atoms with van der Waals surface area (Å²) in [6.07, 6.45) is 15.4. The van der Waals surface area contributed by atoms with Crippen LogP contribution in [0.3, 0.4) is 0 Å². The molecule has 61 heavy (non-hydrogen) atoms. The lowest BCUT2D eigenvalue weighted by molar-refractivity contribution is 0.508. The molecule has 0 aliphatic heterocycles. The number of aromatic amines is 2. The molecule has 13 heteroatoms. The van der Waals surface area contributed by atoms with Crippen LogP contribution < -0.4 is 0 Å². The second-order valence-electron chi connectivity index (χ2n) is 8.69. The Kier molecular flexibility index (Phi) is 60.7. The molecule has 2 aliphatic rings. The summed E-state index contributed by atoms with van der Waals surface area (Å²) in [4.78, 5) is 29.4. The third-order valence-electron chi connectivity index (χ3n) is 6.15. The number of hydrogen-bond donors (Lipinski definition) is 2.